The molecule has 2 rings (SSSR count). The molecule has 6 nitrogen and oxygen atoms in total. The van der Waals surface area contributed by atoms with Gasteiger partial charge < -0.3 is 9.47 Å². The maximum Gasteiger partial charge on any atom is 0.375 e. The summed E-state index contributed by atoms with van der Waals surface area (Å²) in [6, 6.07) is 6.08. The van der Waals surface area contributed by atoms with Gasteiger partial charge in [-0.25, -0.2) is 4.79 Å². The SMILES string of the molecule is COC1=C(Br)C(c2ccccc2[N+](=O)[O-])OC1=O. The van der Waals surface area contributed by atoms with Gasteiger partial charge in [-0.1, -0.05) is 12.1 Å². The number of nitro benzene ring substituents is 1. The van der Waals surface area contributed by atoms with Crippen molar-refractivity contribution in [2.45, 2.75) is 6.10 Å². The molecule has 0 spiro atoms. The maximum absolute atomic E-state index is 11.5. The van der Waals surface area contributed by atoms with Crippen LogP contribution >= 0.6 is 15.9 Å². The molecule has 1 aliphatic rings. The summed E-state index contributed by atoms with van der Waals surface area (Å²) in [4.78, 5) is 21.9. The summed E-state index contributed by atoms with van der Waals surface area (Å²) >= 11 is 3.18. The van der Waals surface area contributed by atoms with Crippen molar-refractivity contribution in [1.29, 1.82) is 0 Å². The van der Waals surface area contributed by atoms with Gasteiger partial charge in [0.05, 0.1) is 22.1 Å². The van der Waals surface area contributed by atoms with Crippen LogP contribution in [0.2, 0.25) is 0 Å². The monoisotopic (exact) mass is 313 g/mol. The van der Waals surface area contributed by atoms with E-state index in [0.717, 1.165) is 0 Å². The molecule has 18 heavy (non-hydrogen) atoms. The van der Waals surface area contributed by atoms with Crippen molar-refractivity contribution in [3.63, 3.8) is 0 Å². The molecule has 0 bridgehead atoms. The van der Waals surface area contributed by atoms with Crippen LogP contribution in [0.3, 0.4) is 0 Å². The standard InChI is InChI=1S/C11H8BrNO5/c1-17-10-8(12)9(18-11(10)14)6-4-2-3-5-7(6)13(15)16/h2-5,9H,1H3. The number of ether oxygens (including phenoxy) is 2. The number of halogens is 1. The number of hydrogen-bond donors (Lipinski definition) is 0. The third kappa shape index (κ3) is 1.97. The zero-order chi connectivity index (χ0) is 13.3. The topological polar surface area (TPSA) is 78.7 Å². The Bertz CT molecular complexity index is 554. The number of hydrogen-bond acceptors (Lipinski definition) is 5. The van der Waals surface area contributed by atoms with Crippen LogP contribution in [0.15, 0.2) is 34.5 Å². The highest BCUT2D eigenvalue weighted by molar-refractivity contribution is 9.11. The Hall–Kier alpha value is -1.89. The number of nitro groups is 1. The van der Waals surface area contributed by atoms with Gasteiger partial charge in [0.15, 0.2) is 6.10 Å². The second kappa shape index (κ2) is 4.77. The summed E-state index contributed by atoms with van der Waals surface area (Å²) in [5.41, 5.74) is 0.194. The highest BCUT2D eigenvalue weighted by Crippen LogP contribution is 2.42. The van der Waals surface area contributed by atoms with Gasteiger partial charge >= 0.3 is 5.97 Å². The van der Waals surface area contributed by atoms with E-state index in [1.807, 2.05) is 0 Å². The van der Waals surface area contributed by atoms with Gasteiger partial charge in [0.25, 0.3) is 5.69 Å². The molecule has 1 heterocycles. The summed E-state index contributed by atoms with van der Waals surface area (Å²) in [6.45, 7) is 0. The molecule has 0 saturated heterocycles. The van der Waals surface area contributed by atoms with E-state index in [2.05, 4.69) is 15.9 Å². The zero-order valence-corrected chi connectivity index (χ0v) is 10.8. The van der Waals surface area contributed by atoms with E-state index in [1.54, 1.807) is 12.1 Å². The molecule has 7 heteroatoms. The number of rotatable bonds is 3. The first-order valence-electron chi connectivity index (χ1n) is 4.94. The highest BCUT2D eigenvalue weighted by atomic mass is 79.9. The van der Waals surface area contributed by atoms with Gasteiger partial charge in [-0.3, -0.25) is 10.1 Å². The minimum Gasteiger partial charge on any atom is -0.489 e. The van der Waals surface area contributed by atoms with Gasteiger partial charge in [-0.05, 0) is 22.0 Å². The van der Waals surface area contributed by atoms with Crippen LogP contribution in [-0.4, -0.2) is 18.0 Å². The van der Waals surface area contributed by atoms with Crippen LogP contribution < -0.4 is 0 Å². The summed E-state index contributed by atoms with van der Waals surface area (Å²) < 4.78 is 10.3. The average Bonchev–Trinajstić information content (AvgIpc) is 2.64. The molecule has 0 N–H and O–H groups in total. The molecule has 1 aliphatic heterocycles. The van der Waals surface area contributed by atoms with Crippen LogP contribution in [0.5, 0.6) is 0 Å². The Morgan fingerprint density at radius 3 is 2.67 bits per heavy atom. The highest BCUT2D eigenvalue weighted by Gasteiger charge is 2.38. The first-order valence-corrected chi connectivity index (χ1v) is 5.73. The van der Waals surface area contributed by atoms with Crippen molar-refractivity contribution >= 4 is 27.6 Å². The smallest absolute Gasteiger partial charge is 0.375 e. The molecule has 0 saturated carbocycles. The van der Waals surface area contributed by atoms with Crippen molar-refractivity contribution < 1.29 is 19.2 Å². The fourth-order valence-corrected chi connectivity index (χ4v) is 2.35. The Kier molecular flexibility index (Phi) is 3.33. The molecule has 0 amide bonds. The Morgan fingerprint density at radius 1 is 1.44 bits per heavy atom. The Balaban J connectivity index is 2.49. The van der Waals surface area contributed by atoms with Crippen molar-refractivity contribution in [1.82, 2.24) is 0 Å². The minimum atomic E-state index is -0.839. The molecule has 0 aromatic heterocycles. The van der Waals surface area contributed by atoms with E-state index in [-0.39, 0.29) is 11.4 Å². The van der Waals surface area contributed by atoms with Gasteiger partial charge in [0.1, 0.15) is 0 Å². The second-order valence-electron chi connectivity index (χ2n) is 3.48. The van der Waals surface area contributed by atoms with Gasteiger partial charge in [0, 0.05) is 6.07 Å². The number of carbonyl (C=O) groups excluding carboxylic acids is 1. The van der Waals surface area contributed by atoms with Crippen LogP contribution in [0.4, 0.5) is 5.69 Å². The minimum absolute atomic E-state index is 0.0261. The number of para-hydroxylation sites is 1. The van der Waals surface area contributed by atoms with Crippen molar-refractivity contribution in [2.24, 2.45) is 0 Å². The molecule has 94 valence electrons. The van der Waals surface area contributed by atoms with Gasteiger partial charge in [0.2, 0.25) is 5.76 Å². The van der Waals surface area contributed by atoms with E-state index in [9.17, 15) is 14.9 Å². The molecule has 1 unspecified atom stereocenters. The molecule has 0 radical (unpaired) electrons. The quantitative estimate of drug-likeness (QED) is 0.486. The van der Waals surface area contributed by atoms with E-state index in [4.69, 9.17) is 9.47 Å². The second-order valence-corrected chi connectivity index (χ2v) is 4.34. The number of cyclic esters (lactones) is 1. The molecule has 1 aromatic carbocycles. The largest absolute Gasteiger partial charge is 0.489 e. The predicted octanol–water partition coefficient (Wildman–Crippen LogP) is 2.45. The van der Waals surface area contributed by atoms with E-state index >= 15 is 0 Å². The molecule has 0 aliphatic carbocycles. The summed E-state index contributed by atoms with van der Waals surface area (Å²) in [6.07, 6.45) is -0.839. The maximum atomic E-state index is 11.5. The van der Waals surface area contributed by atoms with Crippen LogP contribution in [0, 0.1) is 10.1 Å². The molecular weight excluding hydrogens is 306 g/mol. The van der Waals surface area contributed by atoms with Gasteiger partial charge in [-0.2, -0.15) is 0 Å². The Morgan fingerprint density at radius 2 is 2.11 bits per heavy atom. The number of methoxy groups -OCH3 is 1. The van der Waals surface area contributed by atoms with Crippen LogP contribution in [0.25, 0.3) is 0 Å². The third-order valence-corrected chi connectivity index (χ3v) is 3.25. The van der Waals surface area contributed by atoms with Crippen molar-refractivity contribution in [3.8, 4) is 0 Å². The lowest BCUT2D eigenvalue weighted by Crippen LogP contribution is -2.05. The zero-order valence-electron chi connectivity index (χ0n) is 9.25. The number of nitrogens with zero attached hydrogens (tertiary/aromatic N) is 1. The van der Waals surface area contributed by atoms with E-state index in [0.29, 0.717) is 10.0 Å². The van der Waals surface area contributed by atoms with Crippen molar-refractivity contribution in [2.75, 3.05) is 7.11 Å². The van der Waals surface area contributed by atoms with Crippen LogP contribution in [0.1, 0.15) is 11.7 Å². The first kappa shape index (κ1) is 12.6. The predicted molar refractivity (Wildman–Crippen MR) is 64.9 cm³/mol. The molecule has 1 atom stereocenters. The normalized spacial score (nSPS) is 18.8. The number of esters is 1. The van der Waals surface area contributed by atoms with Gasteiger partial charge in [-0.15, -0.1) is 0 Å². The molecular formula is C11H8BrNO5. The number of carbonyl (C=O) groups is 1. The third-order valence-electron chi connectivity index (χ3n) is 2.48. The summed E-state index contributed by atoms with van der Waals surface area (Å²) in [5.74, 6) is -0.620. The number of benzene rings is 1. The lowest BCUT2D eigenvalue weighted by atomic mass is 10.1. The van der Waals surface area contributed by atoms with E-state index < -0.39 is 17.0 Å². The lowest BCUT2D eigenvalue weighted by molar-refractivity contribution is -0.386. The fourth-order valence-electron chi connectivity index (χ4n) is 1.69. The summed E-state index contributed by atoms with van der Waals surface area (Å²) in [5, 5.41) is 10.9. The fraction of sp³-hybridized carbons (Fsp3) is 0.182. The Labute approximate surface area is 110 Å². The lowest BCUT2D eigenvalue weighted by Gasteiger charge is -2.10. The average molecular weight is 314 g/mol. The van der Waals surface area contributed by atoms with E-state index in [1.165, 1.54) is 19.2 Å². The first-order chi connectivity index (χ1) is 8.56. The summed E-state index contributed by atoms with van der Waals surface area (Å²) in [7, 11) is 1.33. The molecule has 0 fully saturated rings. The molecule has 1 aromatic rings. The van der Waals surface area contributed by atoms with Crippen molar-refractivity contribution in [3.05, 3.63) is 50.2 Å². The van der Waals surface area contributed by atoms with Crippen LogP contribution in [-0.2, 0) is 14.3 Å².